The van der Waals surface area contributed by atoms with Crippen LogP contribution in [0.15, 0.2) is 4.42 Å². The van der Waals surface area contributed by atoms with Gasteiger partial charge in [-0.25, -0.2) is 0 Å². The largest absolute Gasteiger partial charge is 0.444 e. The molecule has 2 N–H and O–H groups in total. The predicted octanol–water partition coefficient (Wildman–Crippen LogP) is 0.400. The fourth-order valence-electron chi connectivity index (χ4n) is 2.27. The number of aliphatic hydroxyl groups is 1. The molecule has 7 nitrogen and oxygen atoms in total. The second-order valence-electron chi connectivity index (χ2n) is 5.03. The van der Waals surface area contributed by atoms with Crippen LogP contribution < -0.4 is 5.32 Å². The molecule has 1 aromatic rings. The molecule has 1 aliphatic rings. The zero-order valence-electron chi connectivity index (χ0n) is 12.2. The van der Waals surface area contributed by atoms with Crippen LogP contribution in [0.3, 0.4) is 0 Å². The van der Waals surface area contributed by atoms with Crippen LogP contribution in [-0.2, 0) is 9.53 Å². The van der Waals surface area contributed by atoms with Crippen LogP contribution in [0.4, 0.5) is 5.88 Å². The number of carbonyl (C=O) groups is 1. The van der Waals surface area contributed by atoms with Crippen molar-refractivity contribution in [1.82, 2.24) is 4.90 Å². The molecule has 21 heavy (non-hydrogen) atoms. The van der Waals surface area contributed by atoms with Gasteiger partial charge in [-0.3, -0.25) is 15.0 Å². The first kappa shape index (κ1) is 15.5. The maximum atomic E-state index is 12.1. The normalized spacial score (nSPS) is 19.2. The molecule has 2 heterocycles. The van der Waals surface area contributed by atoms with E-state index in [0.29, 0.717) is 31.1 Å². The molecule has 1 fully saturated rings. The van der Waals surface area contributed by atoms with Crippen LogP contribution in [0.2, 0.25) is 0 Å². The Morgan fingerprint density at radius 3 is 3.00 bits per heavy atom. The summed E-state index contributed by atoms with van der Waals surface area (Å²) in [5, 5.41) is 21.0. The maximum absolute atomic E-state index is 12.1. The fourth-order valence-corrected chi connectivity index (χ4v) is 2.27. The summed E-state index contributed by atoms with van der Waals surface area (Å²) in [5.74, 6) is 0.522. The first-order valence-corrected chi connectivity index (χ1v) is 6.79. The summed E-state index contributed by atoms with van der Waals surface area (Å²) in [4.78, 5) is 13.9. The molecule has 1 saturated heterocycles. The van der Waals surface area contributed by atoms with Gasteiger partial charge < -0.3 is 14.3 Å². The lowest BCUT2D eigenvalue weighted by molar-refractivity contribution is -0.120. The van der Waals surface area contributed by atoms with Crippen molar-refractivity contribution < 1.29 is 19.1 Å². The Bertz CT molecular complexity index is 561. The molecule has 0 spiro atoms. The molecular formula is C14H19N3O4. The summed E-state index contributed by atoms with van der Waals surface area (Å²) in [6.07, 6.45) is 0. The molecule has 1 aliphatic heterocycles. The van der Waals surface area contributed by atoms with E-state index in [0.717, 1.165) is 5.56 Å². The van der Waals surface area contributed by atoms with Gasteiger partial charge in [0.15, 0.2) is 0 Å². The number of furan rings is 1. The van der Waals surface area contributed by atoms with E-state index in [1.54, 1.807) is 13.8 Å². The van der Waals surface area contributed by atoms with Gasteiger partial charge in [-0.15, -0.1) is 0 Å². The van der Waals surface area contributed by atoms with Crippen LogP contribution in [0.5, 0.6) is 0 Å². The Labute approximate surface area is 123 Å². The Balaban J connectivity index is 2.02. The topological polar surface area (TPSA) is 98.7 Å². The molecule has 0 aliphatic carbocycles. The summed E-state index contributed by atoms with van der Waals surface area (Å²) in [5.41, 5.74) is 1.08. The number of rotatable bonds is 4. The van der Waals surface area contributed by atoms with Crippen molar-refractivity contribution in [1.29, 1.82) is 5.26 Å². The first-order valence-electron chi connectivity index (χ1n) is 6.79. The van der Waals surface area contributed by atoms with E-state index in [-0.39, 0.29) is 31.0 Å². The number of nitrogens with one attached hydrogen (secondary N) is 1. The minimum Gasteiger partial charge on any atom is -0.444 e. The van der Waals surface area contributed by atoms with Gasteiger partial charge in [0.2, 0.25) is 11.8 Å². The van der Waals surface area contributed by atoms with Gasteiger partial charge in [-0.05, 0) is 13.8 Å². The molecule has 0 bridgehead atoms. The van der Waals surface area contributed by atoms with Crippen molar-refractivity contribution in [2.75, 3.05) is 38.2 Å². The van der Waals surface area contributed by atoms with Gasteiger partial charge in [0.1, 0.15) is 17.4 Å². The molecule has 0 radical (unpaired) electrons. The highest BCUT2D eigenvalue weighted by atomic mass is 16.5. The highest BCUT2D eigenvalue weighted by Gasteiger charge is 2.25. The standard InChI is InChI=1S/C14H19N3O4/c1-9-10(2)21-14(12(9)5-15)16-13(19)6-17-3-4-20-8-11(17)7-18/h11,18H,3-4,6-8H2,1-2H3,(H,16,19). The average molecular weight is 293 g/mol. The third-order valence-electron chi connectivity index (χ3n) is 3.66. The van der Waals surface area contributed by atoms with Crippen LogP contribution in [0.1, 0.15) is 16.9 Å². The summed E-state index contributed by atoms with van der Waals surface area (Å²) >= 11 is 0. The summed E-state index contributed by atoms with van der Waals surface area (Å²) in [6, 6.07) is 1.85. The lowest BCUT2D eigenvalue weighted by Crippen LogP contribution is -2.50. The van der Waals surface area contributed by atoms with E-state index >= 15 is 0 Å². The fraction of sp³-hybridized carbons (Fsp3) is 0.571. The van der Waals surface area contributed by atoms with Crippen molar-refractivity contribution >= 4 is 11.8 Å². The monoisotopic (exact) mass is 293 g/mol. The zero-order chi connectivity index (χ0) is 15.4. The lowest BCUT2D eigenvalue weighted by Gasteiger charge is -2.33. The Morgan fingerprint density at radius 2 is 2.33 bits per heavy atom. The third kappa shape index (κ3) is 3.42. The third-order valence-corrected chi connectivity index (χ3v) is 3.66. The smallest absolute Gasteiger partial charge is 0.240 e. The van der Waals surface area contributed by atoms with Gasteiger partial charge in [0.25, 0.3) is 0 Å². The molecule has 0 saturated carbocycles. The molecule has 0 aromatic carbocycles. The van der Waals surface area contributed by atoms with E-state index in [9.17, 15) is 9.90 Å². The van der Waals surface area contributed by atoms with Crippen molar-refractivity contribution in [3.05, 3.63) is 16.9 Å². The van der Waals surface area contributed by atoms with Crippen molar-refractivity contribution in [2.45, 2.75) is 19.9 Å². The molecule has 114 valence electrons. The Morgan fingerprint density at radius 1 is 1.57 bits per heavy atom. The molecule has 1 atom stereocenters. The highest BCUT2D eigenvalue weighted by molar-refractivity contribution is 5.92. The zero-order valence-corrected chi connectivity index (χ0v) is 12.2. The number of ether oxygens (including phenoxy) is 1. The Hall–Kier alpha value is -1.88. The minimum absolute atomic E-state index is 0.0598. The van der Waals surface area contributed by atoms with Crippen molar-refractivity contribution in [2.24, 2.45) is 0 Å². The number of nitrogens with zero attached hydrogens (tertiary/aromatic N) is 2. The molecule has 1 aromatic heterocycles. The number of morpholine rings is 1. The predicted molar refractivity (Wildman–Crippen MR) is 74.8 cm³/mol. The van der Waals surface area contributed by atoms with Gasteiger partial charge in [0, 0.05) is 12.1 Å². The van der Waals surface area contributed by atoms with Crippen LogP contribution >= 0.6 is 0 Å². The van der Waals surface area contributed by atoms with Crippen molar-refractivity contribution in [3.8, 4) is 6.07 Å². The van der Waals surface area contributed by atoms with E-state index in [4.69, 9.17) is 14.4 Å². The van der Waals surface area contributed by atoms with Gasteiger partial charge in [-0.1, -0.05) is 0 Å². The molecule has 1 amide bonds. The van der Waals surface area contributed by atoms with Crippen molar-refractivity contribution in [3.63, 3.8) is 0 Å². The second-order valence-corrected chi connectivity index (χ2v) is 5.03. The van der Waals surface area contributed by atoms with Crippen LogP contribution in [0, 0.1) is 25.2 Å². The van der Waals surface area contributed by atoms with Gasteiger partial charge in [0.05, 0.1) is 32.4 Å². The SMILES string of the molecule is Cc1oc(NC(=O)CN2CCOCC2CO)c(C#N)c1C. The molecule has 2 rings (SSSR count). The van der Waals surface area contributed by atoms with Gasteiger partial charge in [-0.2, -0.15) is 5.26 Å². The quantitative estimate of drug-likeness (QED) is 0.833. The van der Waals surface area contributed by atoms with Gasteiger partial charge >= 0.3 is 0 Å². The highest BCUT2D eigenvalue weighted by Crippen LogP contribution is 2.25. The second kappa shape index (κ2) is 6.72. The summed E-state index contributed by atoms with van der Waals surface area (Å²) < 4.78 is 10.7. The first-order chi connectivity index (χ1) is 10.1. The van der Waals surface area contributed by atoms with E-state index in [2.05, 4.69) is 5.32 Å². The number of carbonyl (C=O) groups excluding carboxylic acids is 1. The molecular weight excluding hydrogens is 274 g/mol. The number of hydrogen-bond donors (Lipinski definition) is 2. The number of amides is 1. The maximum Gasteiger partial charge on any atom is 0.240 e. The van der Waals surface area contributed by atoms with E-state index in [1.165, 1.54) is 0 Å². The van der Waals surface area contributed by atoms with E-state index < -0.39 is 0 Å². The number of anilines is 1. The summed E-state index contributed by atoms with van der Waals surface area (Å²) in [6.45, 7) is 5.11. The minimum atomic E-state index is -0.277. The van der Waals surface area contributed by atoms with E-state index in [1.807, 2.05) is 11.0 Å². The number of nitriles is 1. The number of hydrogen-bond acceptors (Lipinski definition) is 6. The average Bonchev–Trinajstić information content (AvgIpc) is 2.73. The van der Waals surface area contributed by atoms with Crippen LogP contribution in [-0.4, -0.2) is 54.9 Å². The number of aryl methyl sites for hydroxylation is 1. The summed E-state index contributed by atoms with van der Waals surface area (Å²) in [7, 11) is 0. The Kier molecular flexibility index (Phi) is 4.96. The lowest BCUT2D eigenvalue weighted by atomic mass is 10.2. The molecule has 1 unspecified atom stereocenters. The molecule has 7 heteroatoms. The van der Waals surface area contributed by atoms with Crippen LogP contribution in [0.25, 0.3) is 0 Å². The number of aliphatic hydroxyl groups excluding tert-OH is 1.